The molecule has 1 aliphatic rings. The van der Waals surface area contributed by atoms with Crippen LogP contribution in [0.4, 0.5) is 0 Å². The van der Waals surface area contributed by atoms with Crippen molar-refractivity contribution >= 4 is 0 Å². The van der Waals surface area contributed by atoms with Crippen molar-refractivity contribution in [2.45, 2.75) is 64.6 Å². The average molecular weight is 276 g/mol. The van der Waals surface area contributed by atoms with Crippen LogP contribution in [0.5, 0.6) is 0 Å². The van der Waals surface area contributed by atoms with E-state index in [1.807, 2.05) is 0 Å². The van der Waals surface area contributed by atoms with Crippen molar-refractivity contribution in [2.75, 3.05) is 13.2 Å². The van der Waals surface area contributed by atoms with Gasteiger partial charge >= 0.3 is 0 Å². The zero-order valence-electron chi connectivity index (χ0n) is 12.9. The first-order valence-electron chi connectivity index (χ1n) is 8.15. The second-order valence-electron chi connectivity index (χ2n) is 5.76. The Labute approximate surface area is 123 Å². The molecule has 0 aliphatic carbocycles. The molecule has 2 atom stereocenters. The SMILES string of the molecule is CCCCCc1ccc([C@H]2CO[C@H](CCC)CO2)cc1. The van der Waals surface area contributed by atoms with E-state index in [-0.39, 0.29) is 6.10 Å². The van der Waals surface area contributed by atoms with Gasteiger partial charge in [0.25, 0.3) is 0 Å². The lowest BCUT2D eigenvalue weighted by Crippen LogP contribution is -2.30. The van der Waals surface area contributed by atoms with Crippen LogP contribution in [0, 0.1) is 0 Å². The Morgan fingerprint density at radius 3 is 2.35 bits per heavy atom. The summed E-state index contributed by atoms with van der Waals surface area (Å²) in [6.45, 7) is 5.86. The van der Waals surface area contributed by atoms with Gasteiger partial charge in [0.1, 0.15) is 6.10 Å². The fourth-order valence-corrected chi connectivity index (χ4v) is 2.70. The summed E-state index contributed by atoms with van der Waals surface area (Å²) in [6.07, 6.45) is 7.75. The summed E-state index contributed by atoms with van der Waals surface area (Å²) in [6, 6.07) is 8.89. The van der Waals surface area contributed by atoms with Crippen molar-refractivity contribution in [3.05, 3.63) is 35.4 Å². The Kier molecular flexibility index (Phi) is 6.55. The molecule has 0 spiro atoms. The first-order chi connectivity index (χ1) is 9.83. The quantitative estimate of drug-likeness (QED) is 0.673. The van der Waals surface area contributed by atoms with Crippen molar-refractivity contribution < 1.29 is 9.47 Å². The molecule has 1 aromatic rings. The lowest BCUT2D eigenvalue weighted by Gasteiger charge is -2.29. The van der Waals surface area contributed by atoms with Crippen molar-refractivity contribution in [2.24, 2.45) is 0 Å². The smallest absolute Gasteiger partial charge is 0.106 e. The molecule has 0 aromatic heterocycles. The summed E-state index contributed by atoms with van der Waals surface area (Å²) in [5, 5.41) is 0. The molecule has 20 heavy (non-hydrogen) atoms. The van der Waals surface area contributed by atoms with Gasteiger partial charge in [-0.2, -0.15) is 0 Å². The number of aryl methyl sites for hydroxylation is 1. The summed E-state index contributed by atoms with van der Waals surface area (Å²) < 4.78 is 11.8. The minimum Gasteiger partial charge on any atom is -0.373 e. The Morgan fingerprint density at radius 1 is 0.950 bits per heavy atom. The minimum absolute atomic E-state index is 0.118. The van der Waals surface area contributed by atoms with Crippen LogP contribution in [-0.2, 0) is 15.9 Å². The fourth-order valence-electron chi connectivity index (χ4n) is 2.70. The lowest BCUT2D eigenvalue weighted by atomic mass is 10.0. The number of unbranched alkanes of at least 4 members (excludes halogenated alkanes) is 2. The molecule has 2 nitrogen and oxygen atoms in total. The molecule has 1 aromatic carbocycles. The second kappa shape index (κ2) is 8.43. The van der Waals surface area contributed by atoms with Crippen LogP contribution in [0.25, 0.3) is 0 Å². The van der Waals surface area contributed by atoms with Gasteiger partial charge in [0, 0.05) is 0 Å². The van der Waals surface area contributed by atoms with Gasteiger partial charge in [-0.05, 0) is 30.4 Å². The molecule has 2 rings (SSSR count). The predicted molar refractivity (Wildman–Crippen MR) is 83.0 cm³/mol. The number of hydrogen-bond donors (Lipinski definition) is 0. The topological polar surface area (TPSA) is 18.5 Å². The maximum absolute atomic E-state index is 5.94. The first-order valence-corrected chi connectivity index (χ1v) is 8.15. The average Bonchev–Trinajstić information content (AvgIpc) is 2.49. The van der Waals surface area contributed by atoms with E-state index in [9.17, 15) is 0 Å². The summed E-state index contributed by atoms with van der Waals surface area (Å²) in [5.74, 6) is 0. The Morgan fingerprint density at radius 2 is 1.75 bits per heavy atom. The van der Waals surface area contributed by atoms with E-state index < -0.39 is 0 Å². The van der Waals surface area contributed by atoms with E-state index in [1.54, 1.807) is 0 Å². The van der Waals surface area contributed by atoms with Crippen molar-refractivity contribution in [1.29, 1.82) is 0 Å². The number of hydrogen-bond acceptors (Lipinski definition) is 2. The molecule has 112 valence electrons. The van der Waals surface area contributed by atoms with Gasteiger partial charge in [0.2, 0.25) is 0 Å². The molecule has 1 heterocycles. The van der Waals surface area contributed by atoms with Gasteiger partial charge in [0.05, 0.1) is 19.3 Å². The van der Waals surface area contributed by atoms with Gasteiger partial charge in [0.15, 0.2) is 0 Å². The van der Waals surface area contributed by atoms with Crippen LogP contribution >= 0.6 is 0 Å². The molecular formula is C18H28O2. The summed E-state index contributed by atoms with van der Waals surface area (Å²) in [7, 11) is 0. The Balaban J connectivity index is 1.81. The third-order valence-corrected chi connectivity index (χ3v) is 4.00. The highest BCUT2D eigenvalue weighted by atomic mass is 16.6. The van der Waals surface area contributed by atoms with E-state index in [4.69, 9.17) is 9.47 Å². The van der Waals surface area contributed by atoms with Crippen LogP contribution in [-0.4, -0.2) is 19.3 Å². The molecule has 0 bridgehead atoms. The Hall–Kier alpha value is -0.860. The molecular weight excluding hydrogens is 248 g/mol. The normalized spacial score (nSPS) is 22.9. The van der Waals surface area contributed by atoms with Crippen LogP contribution in [0.1, 0.15) is 63.2 Å². The van der Waals surface area contributed by atoms with Gasteiger partial charge in [-0.15, -0.1) is 0 Å². The van der Waals surface area contributed by atoms with E-state index in [0.29, 0.717) is 12.7 Å². The lowest BCUT2D eigenvalue weighted by molar-refractivity contribution is -0.137. The third kappa shape index (κ3) is 4.60. The van der Waals surface area contributed by atoms with E-state index in [0.717, 1.165) is 19.4 Å². The molecule has 1 saturated heterocycles. The zero-order chi connectivity index (χ0) is 14.2. The zero-order valence-corrected chi connectivity index (χ0v) is 12.9. The van der Waals surface area contributed by atoms with Crippen LogP contribution < -0.4 is 0 Å². The van der Waals surface area contributed by atoms with Gasteiger partial charge in [-0.1, -0.05) is 57.4 Å². The molecule has 1 aliphatic heterocycles. The van der Waals surface area contributed by atoms with Crippen LogP contribution in [0.3, 0.4) is 0 Å². The fraction of sp³-hybridized carbons (Fsp3) is 0.667. The standard InChI is InChI=1S/C18H28O2/c1-3-5-6-8-15-9-11-16(12-10-15)18-14-19-17(7-4-2)13-20-18/h9-12,17-18H,3-8,13-14H2,1-2H3/t17-,18-/m1/s1. The maximum atomic E-state index is 5.94. The highest BCUT2D eigenvalue weighted by Crippen LogP contribution is 2.24. The molecule has 0 unspecified atom stereocenters. The highest BCUT2D eigenvalue weighted by molar-refractivity contribution is 5.24. The highest BCUT2D eigenvalue weighted by Gasteiger charge is 2.22. The van der Waals surface area contributed by atoms with E-state index >= 15 is 0 Å². The van der Waals surface area contributed by atoms with Gasteiger partial charge < -0.3 is 9.47 Å². The monoisotopic (exact) mass is 276 g/mol. The largest absolute Gasteiger partial charge is 0.373 e. The summed E-state index contributed by atoms with van der Waals surface area (Å²) in [5.41, 5.74) is 2.68. The number of benzene rings is 1. The molecule has 0 amide bonds. The summed E-state index contributed by atoms with van der Waals surface area (Å²) in [4.78, 5) is 0. The van der Waals surface area contributed by atoms with Crippen LogP contribution in [0.2, 0.25) is 0 Å². The Bertz CT molecular complexity index is 364. The summed E-state index contributed by atoms with van der Waals surface area (Å²) >= 11 is 0. The molecule has 2 heteroatoms. The molecule has 0 saturated carbocycles. The molecule has 0 radical (unpaired) electrons. The van der Waals surface area contributed by atoms with Crippen molar-refractivity contribution in [3.63, 3.8) is 0 Å². The van der Waals surface area contributed by atoms with Crippen molar-refractivity contribution in [1.82, 2.24) is 0 Å². The van der Waals surface area contributed by atoms with Gasteiger partial charge in [-0.25, -0.2) is 0 Å². The molecule has 0 N–H and O–H groups in total. The predicted octanol–water partition coefficient (Wildman–Crippen LogP) is 4.68. The van der Waals surface area contributed by atoms with E-state index in [2.05, 4.69) is 38.1 Å². The number of rotatable bonds is 7. The number of ether oxygens (including phenoxy) is 2. The minimum atomic E-state index is 0.118. The third-order valence-electron chi connectivity index (χ3n) is 4.00. The maximum Gasteiger partial charge on any atom is 0.106 e. The molecule has 1 fully saturated rings. The second-order valence-corrected chi connectivity index (χ2v) is 5.76. The van der Waals surface area contributed by atoms with Gasteiger partial charge in [-0.3, -0.25) is 0 Å². The first kappa shape index (κ1) is 15.5. The van der Waals surface area contributed by atoms with Crippen LogP contribution in [0.15, 0.2) is 24.3 Å². The van der Waals surface area contributed by atoms with E-state index in [1.165, 1.54) is 36.8 Å². The van der Waals surface area contributed by atoms with Crippen molar-refractivity contribution in [3.8, 4) is 0 Å².